The fraction of sp³-hybridized carbons (Fsp3) is 0.450. The van der Waals surface area contributed by atoms with Gasteiger partial charge in [-0.25, -0.2) is 4.98 Å². The largest absolute Gasteiger partial charge is 0.488 e. The Morgan fingerprint density at radius 3 is 2.37 bits per heavy atom. The minimum Gasteiger partial charge on any atom is -0.488 e. The van der Waals surface area contributed by atoms with Gasteiger partial charge < -0.3 is 14.5 Å². The highest BCUT2D eigenvalue weighted by molar-refractivity contribution is 5.86. The van der Waals surface area contributed by atoms with Crippen LogP contribution in [-0.4, -0.2) is 42.7 Å². The molecule has 1 aromatic carbocycles. The second-order valence-electron chi connectivity index (χ2n) is 6.65. The van der Waals surface area contributed by atoms with E-state index in [2.05, 4.69) is 45.1 Å². The zero-order chi connectivity index (χ0) is 16.2. The number of hydrogen-bond acceptors (Lipinski definition) is 4. The van der Waals surface area contributed by atoms with Crippen molar-refractivity contribution in [3.63, 3.8) is 0 Å². The molecular weight excluding hydrogens is 405 g/mol. The van der Waals surface area contributed by atoms with Crippen LogP contribution < -0.4 is 9.64 Å². The molecule has 0 aliphatic carbocycles. The minimum absolute atomic E-state index is 0. The topological polar surface area (TPSA) is 28.6 Å². The van der Waals surface area contributed by atoms with Crippen LogP contribution in [0.4, 0.5) is 5.82 Å². The molecule has 0 saturated carbocycles. The number of rotatable bonds is 4. The van der Waals surface area contributed by atoms with Crippen LogP contribution in [0.5, 0.6) is 5.75 Å². The lowest BCUT2D eigenvalue weighted by Gasteiger charge is -2.40. The molecule has 0 radical (unpaired) electrons. The molecule has 4 nitrogen and oxygen atoms in total. The van der Waals surface area contributed by atoms with Crippen LogP contribution in [0.15, 0.2) is 48.7 Å². The standard InChI is InChI=1S/C20H25N3O.3ClH/c1-3-8-17(9-4-1)18(16-22-12-5-2-6-13-22)23-14-15-24-19-10-7-11-21-20(19)23;;;/h1,3-4,7-11,18H,2,5-6,12-16H2;3*1H. The van der Waals surface area contributed by atoms with Gasteiger partial charge in [-0.1, -0.05) is 36.8 Å². The summed E-state index contributed by atoms with van der Waals surface area (Å²) in [5, 5.41) is 0. The maximum Gasteiger partial charge on any atom is 0.172 e. The number of hydrogen-bond donors (Lipinski definition) is 0. The molecule has 0 spiro atoms. The van der Waals surface area contributed by atoms with Gasteiger partial charge in [-0.05, 0) is 43.6 Å². The van der Waals surface area contributed by atoms with Gasteiger partial charge in [-0.3, -0.25) is 0 Å². The average Bonchev–Trinajstić information content (AvgIpc) is 2.67. The number of likely N-dealkylation sites (tertiary alicyclic amines) is 1. The lowest BCUT2D eigenvalue weighted by atomic mass is 10.0. The Morgan fingerprint density at radius 2 is 1.63 bits per heavy atom. The lowest BCUT2D eigenvalue weighted by molar-refractivity contribution is 0.207. The van der Waals surface area contributed by atoms with Crippen molar-refractivity contribution < 1.29 is 4.74 Å². The first-order valence-corrected chi connectivity index (χ1v) is 9.03. The smallest absolute Gasteiger partial charge is 0.172 e. The molecular formula is C20H28Cl3N3O. The molecule has 2 aromatic rings. The summed E-state index contributed by atoms with van der Waals surface area (Å²) in [6.07, 6.45) is 5.87. The van der Waals surface area contributed by atoms with Gasteiger partial charge in [0.05, 0.1) is 12.6 Å². The highest BCUT2D eigenvalue weighted by Gasteiger charge is 2.29. The third-order valence-electron chi connectivity index (χ3n) is 5.05. The minimum atomic E-state index is 0. The van der Waals surface area contributed by atoms with Crippen molar-refractivity contribution in [2.75, 3.05) is 37.7 Å². The average molecular weight is 433 g/mol. The van der Waals surface area contributed by atoms with Crippen molar-refractivity contribution in [3.8, 4) is 5.75 Å². The normalized spacial score (nSPS) is 17.3. The third-order valence-corrected chi connectivity index (χ3v) is 5.05. The van der Waals surface area contributed by atoms with E-state index in [1.165, 1.54) is 37.9 Å². The monoisotopic (exact) mass is 431 g/mol. The summed E-state index contributed by atoms with van der Waals surface area (Å²) in [4.78, 5) is 9.67. The number of halogens is 3. The van der Waals surface area contributed by atoms with Gasteiger partial charge in [-0.15, -0.1) is 37.2 Å². The fourth-order valence-corrected chi connectivity index (χ4v) is 3.82. The van der Waals surface area contributed by atoms with E-state index in [-0.39, 0.29) is 37.2 Å². The van der Waals surface area contributed by atoms with Gasteiger partial charge in [0.1, 0.15) is 6.61 Å². The lowest BCUT2D eigenvalue weighted by Crippen LogP contribution is -2.43. The Bertz CT molecular complexity index is 669. The Kier molecular flexibility index (Phi) is 10.2. The first-order valence-electron chi connectivity index (χ1n) is 9.03. The number of benzene rings is 1. The molecule has 0 amide bonds. The van der Waals surface area contributed by atoms with Gasteiger partial charge in [-0.2, -0.15) is 0 Å². The molecule has 1 fully saturated rings. The van der Waals surface area contributed by atoms with E-state index >= 15 is 0 Å². The molecule has 1 saturated heterocycles. The molecule has 0 N–H and O–H groups in total. The zero-order valence-electron chi connectivity index (χ0n) is 15.3. The molecule has 1 aromatic heterocycles. The van der Waals surface area contributed by atoms with E-state index in [4.69, 9.17) is 4.74 Å². The molecule has 2 aliphatic heterocycles. The second kappa shape index (κ2) is 11.6. The molecule has 3 heterocycles. The Morgan fingerprint density at radius 1 is 0.889 bits per heavy atom. The summed E-state index contributed by atoms with van der Waals surface area (Å²) in [5.74, 6) is 1.89. The van der Waals surface area contributed by atoms with Crippen LogP contribution in [0.25, 0.3) is 0 Å². The number of fused-ring (bicyclic) bond motifs is 1. The SMILES string of the molecule is Cl.Cl.Cl.c1ccc(C(CN2CCCCC2)N2CCOc3cccnc32)cc1. The summed E-state index contributed by atoms with van der Waals surface area (Å²) in [5.41, 5.74) is 1.36. The van der Waals surface area contributed by atoms with Crippen LogP contribution in [0.2, 0.25) is 0 Å². The summed E-state index contributed by atoms with van der Waals surface area (Å²) in [6.45, 7) is 5.09. The van der Waals surface area contributed by atoms with E-state index in [0.29, 0.717) is 6.04 Å². The van der Waals surface area contributed by atoms with Crippen molar-refractivity contribution in [3.05, 3.63) is 54.2 Å². The Balaban J connectivity index is 0.00000121. The Hall–Kier alpha value is -1.20. The van der Waals surface area contributed by atoms with Gasteiger partial charge in [0.15, 0.2) is 11.6 Å². The number of piperidine rings is 1. The van der Waals surface area contributed by atoms with Crippen molar-refractivity contribution in [2.45, 2.75) is 25.3 Å². The predicted molar refractivity (Wildman–Crippen MR) is 118 cm³/mol. The third kappa shape index (κ3) is 5.64. The van der Waals surface area contributed by atoms with Crippen molar-refractivity contribution in [2.24, 2.45) is 0 Å². The number of ether oxygens (including phenoxy) is 1. The van der Waals surface area contributed by atoms with Crippen molar-refractivity contribution >= 4 is 43.0 Å². The molecule has 27 heavy (non-hydrogen) atoms. The van der Waals surface area contributed by atoms with E-state index < -0.39 is 0 Å². The van der Waals surface area contributed by atoms with E-state index in [1.807, 2.05) is 18.3 Å². The van der Waals surface area contributed by atoms with Crippen LogP contribution in [0, 0.1) is 0 Å². The fourth-order valence-electron chi connectivity index (χ4n) is 3.82. The molecule has 1 unspecified atom stereocenters. The predicted octanol–water partition coefficient (Wildman–Crippen LogP) is 4.77. The molecule has 1 atom stereocenters. The van der Waals surface area contributed by atoms with Crippen molar-refractivity contribution in [1.29, 1.82) is 0 Å². The van der Waals surface area contributed by atoms with Crippen molar-refractivity contribution in [1.82, 2.24) is 9.88 Å². The maximum absolute atomic E-state index is 5.81. The molecule has 0 bridgehead atoms. The summed E-state index contributed by atoms with van der Waals surface area (Å²) in [7, 11) is 0. The maximum atomic E-state index is 5.81. The zero-order valence-corrected chi connectivity index (χ0v) is 17.8. The highest BCUT2D eigenvalue weighted by atomic mass is 35.5. The van der Waals surface area contributed by atoms with E-state index in [9.17, 15) is 0 Å². The molecule has 4 rings (SSSR count). The molecule has 7 heteroatoms. The summed E-state index contributed by atoms with van der Waals surface area (Å²) < 4.78 is 5.81. The van der Waals surface area contributed by atoms with Gasteiger partial charge in [0, 0.05) is 12.7 Å². The van der Waals surface area contributed by atoms with Crippen LogP contribution in [0.1, 0.15) is 30.9 Å². The van der Waals surface area contributed by atoms with Gasteiger partial charge in [0.2, 0.25) is 0 Å². The quantitative estimate of drug-likeness (QED) is 0.695. The number of nitrogens with zero attached hydrogens (tertiary/aromatic N) is 3. The highest BCUT2D eigenvalue weighted by Crippen LogP contribution is 2.35. The second-order valence-corrected chi connectivity index (χ2v) is 6.65. The summed E-state index contributed by atoms with van der Waals surface area (Å²) >= 11 is 0. The summed E-state index contributed by atoms with van der Waals surface area (Å²) in [6, 6.07) is 15.1. The molecule has 2 aliphatic rings. The van der Waals surface area contributed by atoms with E-state index in [0.717, 1.165) is 31.3 Å². The van der Waals surface area contributed by atoms with Crippen LogP contribution in [-0.2, 0) is 0 Å². The first kappa shape index (κ1) is 23.8. The molecule has 150 valence electrons. The van der Waals surface area contributed by atoms with Crippen LogP contribution in [0.3, 0.4) is 0 Å². The number of pyridine rings is 1. The van der Waals surface area contributed by atoms with Gasteiger partial charge in [0.25, 0.3) is 0 Å². The first-order chi connectivity index (χ1) is 11.9. The number of anilines is 1. The number of aromatic nitrogens is 1. The van der Waals surface area contributed by atoms with E-state index in [1.54, 1.807) is 0 Å². The van der Waals surface area contributed by atoms with Gasteiger partial charge >= 0.3 is 0 Å². The van der Waals surface area contributed by atoms with Crippen LogP contribution >= 0.6 is 37.2 Å². The Labute approximate surface area is 180 Å².